The van der Waals surface area contributed by atoms with Gasteiger partial charge in [-0.2, -0.15) is 0 Å². The molecule has 0 bridgehead atoms. The Morgan fingerprint density at radius 3 is 2.63 bits per heavy atom. The predicted octanol–water partition coefficient (Wildman–Crippen LogP) is 1.34. The van der Waals surface area contributed by atoms with Gasteiger partial charge in [0.2, 0.25) is 0 Å². The number of nitrogens with zero attached hydrogens (tertiary/aromatic N) is 1. The molecule has 2 N–H and O–H groups in total. The average molecular weight is 265 g/mol. The molecule has 5 nitrogen and oxygen atoms in total. The number of aromatic nitrogens is 1. The Bertz CT molecular complexity index is 390. The molecular weight excluding hydrogens is 242 g/mol. The number of ether oxygens (including phenoxy) is 1. The first kappa shape index (κ1) is 15.4. The molecule has 106 valence electrons. The second-order valence-corrected chi connectivity index (χ2v) is 4.91. The predicted molar refractivity (Wildman–Crippen MR) is 74.9 cm³/mol. The van der Waals surface area contributed by atoms with Gasteiger partial charge in [-0.05, 0) is 32.0 Å². The first-order valence-corrected chi connectivity index (χ1v) is 6.56. The minimum absolute atomic E-state index is 0.104. The van der Waals surface area contributed by atoms with E-state index in [1.807, 2.05) is 19.2 Å². The van der Waals surface area contributed by atoms with E-state index >= 15 is 0 Å². The van der Waals surface area contributed by atoms with Crippen molar-refractivity contribution in [2.45, 2.75) is 33.4 Å². The summed E-state index contributed by atoms with van der Waals surface area (Å²) in [6.45, 7) is 7.21. The highest BCUT2D eigenvalue weighted by atomic mass is 16.5. The van der Waals surface area contributed by atoms with Crippen molar-refractivity contribution in [1.82, 2.24) is 15.6 Å². The number of carbonyl (C=O) groups excluding carboxylic acids is 1. The number of amides is 1. The zero-order valence-electron chi connectivity index (χ0n) is 12.1. The molecule has 0 aliphatic rings. The summed E-state index contributed by atoms with van der Waals surface area (Å²) < 4.78 is 5.55. The highest BCUT2D eigenvalue weighted by Gasteiger charge is 2.14. The van der Waals surface area contributed by atoms with Gasteiger partial charge >= 0.3 is 0 Å². The van der Waals surface area contributed by atoms with Crippen LogP contribution in [0.3, 0.4) is 0 Å². The fourth-order valence-electron chi connectivity index (χ4n) is 1.47. The van der Waals surface area contributed by atoms with Crippen LogP contribution in [0.4, 0.5) is 0 Å². The van der Waals surface area contributed by atoms with E-state index in [2.05, 4.69) is 29.5 Å². The van der Waals surface area contributed by atoms with Gasteiger partial charge in [-0.1, -0.05) is 13.8 Å². The molecule has 1 rings (SSSR count). The maximum atomic E-state index is 11.8. The number of pyridine rings is 1. The van der Waals surface area contributed by atoms with Crippen molar-refractivity contribution >= 4 is 5.91 Å². The van der Waals surface area contributed by atoms with Gasteiger partial charge in [-0.3, -0.25) is 9.78 Å². The van der Waals surface area contributed by atoms with Crippen molar-refractivity contribution in [2.24, 2.45) is 5.92 Å². The Labute approximate surface area is 114 Å². The monoisotopic (exact) mass is 265 g/mol. The number of rotatable bonds is 7. The number of hydrogen-bond acceptors (Lipinski definition) is 4. The molecule has 1 atom stereocenters. The van der Waals surface area contributed by atoms with Crippen molar-refractivity contribution < 1.29 is 9.53 Å². The van der Waals surface area contributed by atoms with Crippen molar-refractivity contribution in [3.63, 3.8) is 0 Å². The van der Waals surface area contributed by atoms with E-state index < -0.39 is 6.10 Å². The summed E-state index contributed by atoms with van der Waals surface area (Å²) >= 11 is 0. The molecule has 0 aliphatic heterocycles. The molecule has 0 aromatic carbocycles. The normalized spacial score (nSPS) is 12.3. The zero-order valence-corrected chi connectivity index (χ0v) is 12.1. The molecule has 0 saturated heterocycles. The molecule has 1 unspecified atom stereocenters. The molecule has 19 heavy (non-hydrogen) atoms. The lowest BCUT2D eigenvalue weighted by molar-refractivity contribution is -0.127. The molecule has 1 amide bonds. The van der Waals surface area contributed by atoms with Crippen LogP contribution in [0.1, 0.15) is 26.5 Å². The lowest BCUT2D eigenvalue weighted by Crippen LogP contribution is -2.38. The molecule has 1 aromatic heterocycles. The third kappa shape index (κ3) is 5.70. The summed E-state index contributed by atoms with van der Waals surface area (Å²) in [5, 5.41) is 5.86. The van der Waals surface area contributed by atoms with Crippen LogP contribution < -0.4 is 15.4 Å². The van der Waals surface area contributed by atoms with Crippen molar-refractivity contribution in [2.75, 3.05) is 13.6 Å². The highest BCUT2D eigenvalue weighted by molar-refractivity contribution is 5.80. The summed E-state index contributed by atoms with van der Waals surface area (Å²) in [7, 11) is 1.87. The lowest BCUT2D eigenvalue weighted by Gasteiger charge is -2.15. The molecule has 0 fully saturated rings. The van der Waals surface area contributed by atoms with Crippen LogP contribution in [-0.2, 0) is 11.3 Å². The van der Waals surface area contributed by atoms with E-state index in [4.69, 9.17) is 4.74 Å². The second kappa shape index (κ2) is 7.74. The van der Waals surface area contributed by atoms with Gasteiger partial charge in [0.05, 0.1) is 11.9 Å². The maximum absolute atomic E-state index is 11.8. The van der Waals surface area contributed by atoms with Crippen LogP contribution in [0.25, 0.3) is 0 Å². The Balaban J connectivity index is 2.47. The summed E-state index contributed by atoms with van der Waals surface area (Å²) in [6, 6.07) is 3.70. The van der Waals surface area contributed by atoms with Crippen LogP contribution in [0.15, 0.2) is 18.3 Å². The molecule has 0 saturated carbocycles. The summed E-state index contributed by atoms with van der Waals surface area (Å²) in [5.41, 5.74) is 0.937. The van der Waals surface area contributed by atoms with Crippen molar-refractivity contribution in [3.8, 4) is 5.75 Å². The third-order valence-electron chi connectivity index (χ3n) is 2.52. The number of carbonyl (C=O) groups is 1. The SMILES string of the molecule is CNCc1ccc(OC(C)C(=O)NCC(C)C)cn1. The molecule has 0 radical (unpaired) electrons. The average Bonchev–Trinajstić information content (AvgIpc) is 2.38. The summed E-state index contributed by atoms with van der Waals surface area (Å²) in [6.07, 6.45) is 1.12. The molecule has 1 aromatic rings. The van der Waals surface area contributed by atoms with Gasteiger partial charge in [-0.15, -0.1) is 0 Å². The van der Waals surface area contributed by atoms with Gasteiger partial charge in [0.25, 0.3) is 5.91 Å². The Kier molecular flexibility index (Phi) is 6.29. The molecule has 5 heteroatoms. The van der Waals surface area contributed by atoms with Crippen molar-refractivity contribution in [3.05, 3.63) is 24.0 Å². The van der Waals surface area contributed by atoms with E-state index in [-0.39, 0.29) is 5.91 Å². The third-order valence-corrected chi connectivity index (χ3v) is 2.52. The highest BCUT2D eigenvalue weighted by Crippen LogP contribution is 2.11. The molecular formula is C14H23N3O2. The largest absolute Gasteiger partial charge is 0.479 e. The quantitative estimate of drug-likeness (QED) is 0.781. The topological polar surface area (TPSA) is 63.2 Å². The maximum Gasteiger partial charge on any atom is 0.260 e. The van der Waals surface area contributed by atoms with Crippen LogP contribution in [0, 0.1) is 5.92 Å². The van der Waals surface area contributed by atoms with E-state index in [9.17, 15) is 4.79 Å². The lowest BCUT2D eigenvalue weighted by atomic mass is 10.2. The number of nitrogens with one attached hydrogen (secondary N) is 2. The summed E-state index contributed by atoms with van der Waals surface area (Å²) in [4.78, 5) is 16.0. The van der Waals surface area contributed by atoms with Crippen LogP contribution in [0.5, 0.6) is 5.75 Å². The van der Waals surface area contributed by atoms with Crippen LogP contribution >= 0.6 is 0 Å². The Hall–Kier alpha value is -1.62. The van der Waals surface area contributed by atoms with Gasteiger partial charge in [0, 0.05) is 13.1 Å². The summed E-state index contributed by atoms with van der Waals surface area (Å²) in [5.74, 6) is 0.929. The van der Waals surface area contributed by atoms with Crippen molar-refractivity contribution in [1.29, 1.82) is 0 Å². The standard InChI is InChI=1S/C14H23N3O2/c1-10(2)7-17-14(18)11(3)19-13-6-5-12(8-15-4)16-9-13/h5-6,9-11,15H,7-8H2,1-4H3,(H,17,18). The Morgan fingerprint density at radius 2 is 2.11 bits per heavy atom. The van der Waals surface area contributed by atoms with Gasteiger partial charge in [-0.25, -0.2) is 0 Å². The first-order chi connectivity index (χ1) is 9.02. The molecule has 1 heterocycles. The second-order valence-electron chi connectivity index (χ2n) is 4.91. The van der Waals surface area contributed by atoms with Crippen LogP contribution in [0.2, 0.25) is 0 Å². The smallest absolute Gasteiger partial charge is 0.260 e. The minimum Gasteiger partial charge on any atom is -0.479 e. The van der Waals surface area contributed by atoms with Gasteiger partial charge < -0.3 is 15.4 Å². The fourth-order valence-corrected chi connectivity index (χ4v) is 1.47. The first-order valence-electron chi connectivity index (χ1n) is 6.56. The van der Waals surface area contributed by atoms with E-state index in [0.717, 1.165) is 5.69 Å². The molecule has 0 aliphatic carbocycles. The fraction of sp³-hybridized carbons (Fsp3) is 0.571. The molecule has 0 spiro atoms. The minimum atomic E-state index is -0.518. The zero-order chi connectivity index (χ0) is 14.3. The van der Waals surface area contributed by atoms with E-state index in [0.29, 0.717) is 24.8 Å². The van der Waals surface area contributed by atoms with E-state index in [1.54, 1.807) is 13.1 Å². The number of hydrogen-bond donors (Lipinski definition) is 2. The van der Waals surface area contributed by atoms with Crippen LogP contribution in [-0.4, -0.2) is 30.6 Å². The van der Waals surface area contributed by atoms with Gasteiger partial charge in [0.15, 0.2) is 6.10 Å². The Morgan fingerprint density at radius 1 is 1.37 bits per heavy atom. The van der Waals surface area contributed by atoms with E-state index in [1.165, 1.54) is 0 Å². The van der Waals surface area contributed by atoms with Gasteiger partial charge in [0.1, 0.15) is 5.75 Å².